The van der Waals surface area contributed by atoms with E-state index in [1.54, 1.807) is 0 Å². The molecule has 2 heteroatoms. The van der Waals surface area contributed by atoms with Gasteiger partial charge in [-0.05, 0) is 128 Å². The predicted octanol–water partition coefficient (Wildman–Crippen LogP) is 17.0. The van der Waals surface area contributed by atoms with Gasteiger partial charge in [-0.3, -0.25) is 0 Å². The van der Waals surface area contributed by atoms with E-state index in [2.05, 4.69) is 229 Å². The van der Waals surface area contributed by atoms with Crippen molar-refractivity contribution in [2.24, 2.45) is 0 Å². The number of allylic oxidation sites excluding steroid dienone is 1. The molecule has 292 valence electrons. The Hall–Kier alpha value is -7.94. The minimum Gasteiger partial charge on any atom is -0.455 e. The Balaban J connectivity index is 0.953. The highest BCUT2D eigenvalue weighted by atomic mass is 16.3. The minimum absolute atomic E-state index is 0.891. The first-order chi connectivity index (χ1) is 30.7. The van der Waals surface area contributed by atoms with Crippen molar-refractivity contribution in [2.75, 3.05) is 4.90 Å². The maximum atomic E-state index is 6.53. The number of aryl methyl sites for hydroxylation is 1. The lowest BCUT2D eigenvalue weighted by molar-refractivity contribution is 0.672. The summed E-state index contributed by atoms with van der Waals surface area (Å²) in [6.07, 6.45) is 6.81. The summed E-state index contributed by atoms with van der Waals surface area (Å²) in [5.41, 5.74) is 17.5. The number of benzene rings is 10. The number of hydrogen-bond donors (Lipinski definition) is 0. The van der Waals surface area contributed by atoms with Crippen LogP contribution in [0, 0.1) is 0 Å². The van der Waals surface area contributed by atoms with Crippen molar-refractivity contribution in [3.8, 4) is 44.5 Å². The lowest BCUT2D eigenvalue weighted by Gasteiger charge is -2.28. The van der Waals surface area contributed by atoms with E-state index in [9.17, 15) is 0 Å². The summed E-state index contributed by atoms with van der Waals surface area (Å²) in [5.74, 6) is 0. The zero-order valence-corrected chi connectivity index (χ0v) is 34.1. The zero-order valence-electron chi connectivity index (χ0n) is 34.1. The lowest BCUT2D eigenvalue weighted by Crippen LogP contribution is -2.11. The van der Waals surface area contributed by atoms with Gasteiger partial charge in [-0.2, -0.15) is 0 Å². The quantitative estimate of drug-likeness (QED) is 0.160. The van der Waals surface area contributed by atoms with E-state index >= 15 is 0 Å². The van der Waals surface area contributed by atoms with E-state index in [1.165, 1.54) is 60.7 Å². The van der Waals surface area contributed by atoms with Crippen LogP contribution in [0.4, 0.5) is 17.1 Å². The molecule has 1 aliphatic carbocycles. The number of furan rings is 1. The Morgan fingerprint density at radius 2 is 0.968 bits per heavy atom. The first kappa shape index (κ1) is 36.0. The van der Waals surface area contributed by atoms with Gasteiger partial charge in [0.2, 0.25) is 0 Å². The molecule has 10 aromatic carbocycles. The smallest absolute Gasteiger partial charge is 0.143 e. The summed E-state index contributed by atoms with van der Waals surface area (Å²) in [6, 6.07) is 77.2. The fourth-order valence-electron chi connectivity index (χ4n) is 9.64. The van der Waals surface area contributed by atoms with Crippen molar-refractivity contribution in [3.05, 3.63) is 230 Å². The van der Waals surface area contributed by atoms with Gasteiger partial charge in [0.1, 0.15) is 11.2 Å². The molecule has 0 fully saturated rings. The number of rotatable bonds is 7. The third-order valence-corrected chi connectivity index (χ3v) is 12.8. The van der Waals surface area contributed by atoms with Gasteiger partial charge >= 0.3 is 0 Å². The van der Waals surface area contributed by atoms with E-state index < -0.39 is 0 Å². The summed E-state index contributed by atoms with van der Waals surface area (Å²) in [7, 11) is 0. The number of fused-ring (bicyclic) bond motifs is 7. The van der Waals surface area contributed by atoms with Gasteiger partial charge < -0.3 is 9.32 Å². The fraction of sp³-hybridized carbons (Fsp3) is 0.0333. The second-order valence-electron chi connectivity index (χ2n) is 16.3. The van der Waals surface area contributed by atoms with Crippen LogP contribution in [0.3, 0.4) is 0 Å². The van der Waals surface area contributed by atoms with Crippen molar-refractivity contribution >= 4 is 66.6 Å². The molecule has 0 saturated carbocycles. The van der Waals surface area contributed by atoms with E-state index in [4.69, 9.17) is 4.42 Å². The van der Waals surface area contributed by atoms with Crippen LogP contribution in [0.5, 0.6) is 0 Å². The van der Waals surface area contributed by atoms with Crippen LogP contribution in [0.25, 0.3) is 94.1 Å². The first-order valence-corrected chi connectivity index (χ1v) is 21.5. The van der Waals surface area contributed by atoms with Crippen LogP contribution >= 0.6 is 0 Å². The molecule has 0 unspecified atom stereocenters. The Morgan fingerprint density at radius 1 is 0.387 bits per heavy atom. The molecular formula is C60H41NO. The predicted molar refractivity (Wildman–Crippen MR) is 263 cm³/mol. The van der Waals surface area contributed by atoms with Crippen LogP contribution < -0.4 is 4.90 Å². The highest BCUT2D eigenvalue weighted by Gasteiger charge is 2.20. The highest BCUT2D eigenvalue weighted by molar-refractivity contribution is 6.15. The summed E-state index contributed by atoms with van der Waals surface area (Å²) in [5, 5.41) is 7.05. The molecule has 0 radical (unpaired) electrons. The van der Waals surface area contributed by atoms with E-state index in [0.29, 0.717) is 0 Å². The van der Waals surface area contributed by atoms with Crippen LogP contribution in [-0.4, -0.2) is 0 Å². The standard InChI is InChI=1S/C60H41NO/c1-4-16-50-42(11-1)14-9-20-52(50)45-25-23-40(24-26-45)41-27-33-48(34-28-41)61(49-35-29-46(30-36-49)53-21-10-15-43-12-2-5-17-51(43)53)58-22-8-7-18-54(58)47-32-38-59-57(39-47)56-37-31-44-13-3-6-19-55(44)60(56)62-59/h2-10,12-39H,1,11H2. The van der Waals surface area contributed by atoms with Gasteiger partial charge in [0.05, 0.1) is 5.69 Å². The van der Waals surface area contributed by atoms with E-state index in [-0.39, 0.29) is 0 Å². The first-order valence-electron chi connectivity index (χ1n) is 21.5. The third-order valence-electron chi connectivity index (χ3n) is 12.8. The second kappa shape index (κ2) is 15.0. The van der Waals surface area contributed by atoms with Crippen molar-refractivity contribution in [2.45, 2.75) is 12.8 Å². The normalized spacial score (nSPS) is 12.3. The monoisotopic (exact) mass is 791 g/mol. The van der Waals surface area contributed by atoms with Gasteiger partial charge in [0, 0.05) is 33.1 Å². The Morgan fingerprint density at radius 3 is 1.77 bits per heavy atom. The maximum absolute atomic E-state index is 6.53. The van der Waals surface area contributed by atoms with Gasteiger partial charge in [-0.15, -0.1) is 0 Å². The summed E-state index contributed by atoms with van der Waals surface area (Å²) in [4.78, 5) is 2.40. The highest BCUT2D eigenvalue weighted by Crippen LogP contribution is 2.44. The molecule has 2 nitrogen and oxygen atoms in total. The van der Waals surface area contributed by atoms with Crippen LogP contribution in [0.1, 0.15) is 17.5 Å². The fourth-order valence-corrected chi connectivity index (χ4v) is 9.64. The van der Waals surface area contributed by atoms with Crippen LogP contribution in [0.15, 0.2) is 223 Å². The van der Waals surface area contributed by atoms with Gasteiger partial charge in [-0.25, -0.2) is 0 Å². The molecule has 0 amide bonds. The van der Waals surface area contributed by atoms with Crippen LogP contribution in [0.2, 0.25) is 0 Å². The molecular weight excluding hydrogens is 751 g/mol. The maximum Gasteiger partial charge on any atom is 0.143 e. The Kier molecular flexibility index (Phi) is 8.67. The molecule has 0 N–H and O–H groups in total. The topological polar surface area (TPSA) is 16.4 Å². The summed E-state index contributed by atoms with van der Waals surface area (Å²) in [6.45, 7) is 0. The third kappa shape index (κ3) is 6.19. The largest absolute Gasteiger partial charge is 0.455 e. The minimum atomic E-state index is 0.891. The second-order valence-corrected chi connectivity index (χ2v) is 16.3. The lowest BCUT2D eigenvalue weighted by atomic mass is 9.89. The zero-order chi connectivity index (χ0) is 41.0. The molecule has 0 atom stereocenters. The number of para-hydroxylation sites is 1. The van der Waals surface area contributed by atoms with Gasteiger partial charge in [0.15, 0.2) is 0 Å². The number of anilines is 3. The van der Waals surface area contributed by atoms with Gasteiger partial charge in [0.25, 0.3) is 0 Å². The molecule has 1 aliphatic rings. The summed E-state index contributed by atoms with van der Waals surface area (Å²) < 4.78 is 6.53. The molecule has 0 aliphatic heterocycles. The molecule has 0 saturated heterocycles. The van der Waals surface area contributed by atoms with E-state index in [0.717, 1.165) is 68.4 Å². The van der Waals surface area contributed by atoms with Gasteiger partial charge in [-0.1, -0.05) is 176 Å². The number of nitrogens with zero attached hydrogens (tertiary/aromatic N) is 1. The Labute approximate surface area is 361 Å². The van der Waals surface area contributed by atoms with Crippen molar-refractivity contribution < 1.29 is 4.42 Å². The van der Waals surface area contributed by atoms with E-state index in [1.807, 2.05) is 0 Å². The molecule has 0 bridgehead atoms. The average molecular weight is 792 g/mol. The molecule has 62 heavy (non-hydrogen) atoms. The average Bonchev–Trinajstić information content (AvgIpc) is 3.73. The SMILES string of the molecule is C1=Cc2c(cccc2-c2ccc(-c3ccc(N(c4ccc(-c5cccc6ccccc56)cc4)c4ccccc4-c4ccc5oc6c7ccccc7ccc6c5c4)cc3)cc2)CC1. The van der Waals surface area contributed by atoms with Crippen molar-refractivity contribution in [1.29, 1.82) is 0 Å². The Bertz CT molecular complexity index is 3490. The number of hydrogen-bond acceptors (Lipinski definition) is 2. The van der Waals surface area contributed by atoms with Crippen LogP contribution in [-0.2, 0) is 6.42 Å². The molecule has 1 heterocycles. The van der Waals surface area contributed by atoms with Crippen molar-refractivity contribution in [3.63, 3.8) is 0 Å². The molecule has 12 rings (SSSR count). The molecule has 0 spiro atoms. The molecule has 1 aromatic heterocycles. The molecule has 11 aromatic rings. The summed E-state index contributed by atoms with van der Waals surface area (Å²) >= 11 is 0. The van der Waals surface area contributed by atoms with Crippen molar-refractivity contribution in [1.82, 2.24) is 0 Å².